The summed E-state index contributed by atoms with van der Waals surface area (Å²) >= 11 is 3.56. The van der Waals surface area contributed by atoms with Crippen LogP contribution in [0.15, 0.2) is 59.2 Å². The third-order valence-corrected chi connectivity index (χ3v) is 5.31. The molecule has 1 saturated heterocycles. The van der Waals surface area contributed by atoms with E-state index in [0.29, 0.717) is 5.56 Å². The van der Waals surface area contributed by atoms with Crippen molar-refractivity contribution in [2.45, 2.75) is 0 Å². The Kier molecular flexibility index (Phi) is 4.51. The molecule has 5 nitrogen and oxygen atoms in total. The number of piperazine rings is 1. The fourth-order valence-corrected chi connectivity index (χ4v) is 3.78. The van der Waals surface area contributed by atoms with Crippen LogP contribution in [-0.2, 0) is 0 Å². The highest BCUT2D eigenvalue weighted by Gasteiger charge is 2.19. The van der Waals surface area contributed by atoms with Crippen LogP contribution in [0, 0.1) is 0 Å². The number of fused-ring (bicyclic) bond motifs is 1. The van der Waals surface area contributed by atoms with Crippen LogP contribution in [0.3, 0.4) is 0 Å². The third-order valence-electron chi connectivity index (χ3n) is 4.82. The fraction of sp³-hybridized carbons (Fsp3) is 0.200. The van der Waals surface area contributed by atoms with Crippen molar-refractivity contribution < 1.29 is 4.79 Å². The normalized spacial score (nSPS) is 14.7. The van der Waals surface area contributed by atoms with Gasteiger partial charge in [-0.2, -0.15) is 0 Å². The first kappa shape index (κ1) is 16.8. The largest absolute Gasteiger partial charge is 0.368 e. The highest BCUT2D eigenvalue weighted by molar-refractivity contribution is 9.10. The number of anilines is 2. The number of carbonyl (C=O) groups is 1. The minimum atomic E-state index is -0.392. The van der Waals surface area contributed by atoms with Crippen molar-refractivity contribution in [3.8, 4) is 0 Å². The standard InChI is InChI=1S/C20H19BrN4O/c21-15-3-6-18-17(13-15)19(7-8-23-18)25-11-9-24(10-12-25)16-4-1-14(2-5-16)20(22)26/h1-8,13H,9-12H2,(H2,22,26). The van der Waals surface area contributed by atoms with Gasteiger partial charge in [0.1, 0.15) is 0 Å². The number of primary amides is 1. The summed E-state index contributed by atoms with van der Waals surface area (Å²) in [6.07, 6.45) is 1.88. The van der Waals surface area contributed by atoms with Crippen LogP contribution in [0.5, 0.6) is 0 Å². The molecule has 4 rings (SSSR count). The Labute approximate surface area is 160 Å². The molecule has 0 saturated carbocycles. The minimum Gasteiger partial charge on any atom is -0.368 e. The van der Waals surface area contributed by atoms with E-state index in [1.54, 1.807) is 12.1 Å². The van der Waals surface area contributed by atoms with E-state index in [1.165, 1.54) is 11.1 Å². The first-order valence-electron chi connectivity index (χ1n) is 8.56. The zero-order valence-corrected chi connectivity index (χ0v) is 15.8. The summed E-state index contributed by atoms with van der Waals surface area (Å²) in [4.78, 5) is 20.4. The van der Waals surface area contributed by atoms with Crippen molar-refractivity contribution in [3.63, 3.8) is 0 Å². The number of amides is 1. The molecule has 132 valence electrons. The number of nitrogens with two attached hydrogens (primary N) is 1. The van der Waals surface area contributed by atoms with Gasteiger partial charge in [0.2, 0.25) is 5.91 Å². The molecule has 0 aliphatic carbocycles. The van der Waals surface area contributed by atoms with Crippen molar-refractivity contribution in [2.24, 2.45) is 5.73 Å². The zero-order valence-electron chi connectivity index (χ0n) is 14.2. The number of nitrogens with zero attached hydrogens (tertiary/aromatic N) is 3. The van der Waals surface area contributed by atoms with E-state index in [-0.39, 0.29) is 0 Å². The highest BCUT2D eigenvalue weighted by Crippen LogP contribution is 2.29. The Morgan fingerprint density at radius 1 is 0.962 bits per heavy atom. The monoisotopic (exact) mass is 410 g/mol. The van der Waals surface area contributed by atoms with Gasteiger partial charge in [-0.15, -0.1) is 0 Å². The number of aromatic nitrogens is 1. The Hall–Kier alpha value is -2.60. The lowest BCUT2D eigenvalue weighted by Crippen LogP contribution is -2.46. The molecule has 26 heavy (non-hydrogen) atoms. The predicted molar refractivity (Wildman–Crippen MR) is 109 cm³/mol. The molecule has 6 heteroatoms. The van der Waals surface area contributed by atoms with Gasteiger partial charge in [-0.1, -0.05) is 15.9 Å². The van der Waals surface area contributed by atoms with Crippen molar-refractivity contribution in [2.75, 3.05) is 36.0 Å². The number of hydrogen-bond donors (Lipinski definition) is 1. The molecule has 1 amide bonds. The molecule has 0 radical (unpaired) electrons. The van der Waals surface area contributed by atoms with E-state index < -0.39 is 5.91 Å². The van der Waals surface area contributed by atoms with Gasteiger partial charge in [0.05, 0.1) is 5.52 Å². The number of benzene rings is 2. The maximum absolute atomic E-state index is 11.2. The second-order valence-electron chi connectivity index (χ2n) is 6.38. The summed E-state index contributed by atoms with van der Waals surface area (Å²) in [6, 6.07) is 15.8. The van der Waals surface area contributed by atoms with E-state index in [1.807, 2.05) is 30.5 Å². The summed E-state index contributed by atoms with van der Waals surface area (Å²) in [6.45, 7) is 3.72. The van der Waals surface area contributed by atoms with E-state index in [4.69, 9.17) is 5.73 Å². The summed E-state index contributed by atoms with van der Waals surface area (Å²) in [5.41, 5.74) is 9.21. The van der Waals surface area contributed by atoms with Crippen molar-refractivity contribution in [1.82, 2.24) is 4.98 Å². The van der Waals surface area contributed by atoms with Gasteiger partial charge in [-0.3, -0.25) is 9.78 Å². The van der Waals surface area contributed by atoms with E-state index in [9.17, 15) is 4.79 Å². The highest BCUT2D eigenvalue weighted by atomic mass is 79.9. The van der Waals surface area contributed by atoms with Gasteiger partial charge >= 0.3 is 0 Å². The quantitative estimate of drug-likeness (QED) is 0.718. The zero-order chi connectivity index (χ0) is 18.1. The number of hydrogen-bond acceptors (Lipinski definition) is 4. The molecule has 2 aromatic carbocycles. The Morgan fingerprint density at radius 3 is 2.35 bits per heavy atom. The van der Waals surface area contributed by atoms with Crippen LogP contribution in [0.2, 0.25) is 0 Å². The van der Waals surface area contributed by atoms with Crippen molar-refractivity contribution >= 4 is 44.1 Å². The van der Waals surface area contributed by atoms with Crippen LogP contribution in [0.25, 0.3) is 10.9 Å². The van der Waals surface area contributed by atoms with E-state index in [2.05, 4.69) is 42.8 Å². The Balaban J connectivity index is 1.52. The summed E-state index contributed by atoms with van der Waals surface area (Å²) in [5.74, 6) is -0.392. The van der Waals surface area contributed by atoms with Gasteiger partial charge in [-0.05, 0) is 48.5 Å². The maximum Gasteiger partial charge on any atom is 0.248 e. The molecule has 1 fully saturated rings. The van der Waals surface area contributed by atoms with Crippen LogP contribution in [0.1, 0.15) is 10.4 Å². The number of rotatable bonds is 3. The molecule has 0 atom stereocenters. The minimum absolute atomic E-state index is 0.392. The van der Waals surface area contributed by atoms with Crippen LogP contribution in [0.4, 0.5) is 11.4 Å². The topological polar surface area (TPSA) is 62.5 Å². The maximum atomic E-state index is 11.2. The molecule has 2 heterocycles. The summed E-state index contributed by atoms with van der Waals surface area (Å²) in [7, 11) is 0. The number of pyridine rings is 1. The first-order chi connectivity index (χ1) is 12.6. The van der Waals surface area contributed by atoms with Gasteiger partial charge in [0.25, 0.3) is 0 Å². The molecular weight excluding hydrogens is 392 g/mol. The molecule has 0 bridgehead atoms. The second-order valence-corrected chi connectivity index (χ2v) is 7.29. The fourth-order valence-electron chi connectivity index (χ4n) is 3.42. The van der Waals surface area contributed by atoms with Crippen LogP contribution in [-0.4, -0.2) is 37.1 Å². The Morgan fingerprint density at radius 2 is 1.65 bits per heavy atom. The molecule has 1 aromatic heterocycles. The van der Waals surface area contributed by atoms with Crippen LogP contribution < -0.4 is 15.5 Å². The molecule has 0 spiro atoms. The van der Waals surface area contributed by atoms with Gasteiger partial charge in [-0.25, -0.2) is 0 Å². The van der Waals surface area contributed by atoms with Gasteiger partial charge in [0, 0.05) is 59.2 Å². The average molecular weight is 411 g/mol. The summed E-state index contributed by atoms with van der Waals surface area (Å²) in [5, 5.41) is 1.17. The van der Waals surface area contributed by atoms with E-state index in [0.717, 1.165) is 41.9 Å². The second kappa shape index (κ2) is 6.96. The predicted octanol–water partition coefficient (Wildman–Crippen LogP) is 3.42. The summed E-state index contributed by atoms with van der Waals surface area (Å²) < 4.78 is 1.06. The lowest BCUT2D eigenvalue weighted by molar-refractivity contribution is 0.100. The average Bonchev–Trinajstić information content (AvgIpc) is 2.68. The first-order valence-corrected chi connectivity index (χ1v) is 9.35. The molecular formula is C20H19BrN4O. The van der Waals surface area contributed by atoms with Gasteiger partial charge in [0.15, 0.2) is 0 Å². The smallest absolute Gasteiger partial charge is 0.248 e. The Bertz CT molecular complexity index is 950. The van der Waals surface area contributed by atoms with E-state index >= 15 is 0 Å². The lowest BCUT2D eigenvalue weighted by atomic mass is 10.1. The molecule has 1 aliphatic heterocycles. The van der Waals surface area contributed by atoms with Crippen molar-refractivity contribution in [1.29, 1.82) is 0 Å². The molecule has 2 N–H and O–H groups in total. The lowest BCUT2D eigenvalue weighted by Gasteiger charge is -2.37. The third kappa shape index (κ3) is 3.24. The van der Waals surface area contributed by atoms with Crippen LogP contribution >= 0.6 is 15.9 Å². The number of halogens is 1. The SMILES string of the molecule is NC(=O)c1ccc(N2CCN(c3ccnc4ccc(Br)cc34)CC2)cc1. The number of carbonyl (C=O) groups excluding carboxylic acids is 1. The van der Waals surface area contributed by atoms with Gasteiger partial charge < -0.3 is 15.5 Å². The molecule has 3 aromatic rings. The molecule has 0 unspecified atom stereocenters. The molecule has 1 aliphatic rings. The van der Waals surface area contributed by atoms with Crippen molar-refractivity contribution in [3.05, 3.63) is 64.8 Å².